The van der Waals surface area contributed by atoms with E-state index in [2.05, 4.69) is 79.4 Å². The van der Waals surface area contributed by atoms with Crippen molar-refractivity contribution < 1.29 is 9.30 Å². The number of benzene rings is 1. The zero-order valence-corrected chi connectivity index (χ0v) is 39.8. The fourth-order valence-corrected chi connectivity index (χ4v) is 8.69. The molecule has 59 heavy (non-hydrogen) atoms. The number of ether oxygens (including phenoxy) is 1. The molecule has 0 aliphatic rings. The van der Waals surface area contributed by atoms with E-state index < -0.39 is 0 Å². The number of unbranched alkanes of at least 4 members (excludes halogenated alkanes) is 38. The van der Waals surface area contributed by atoms with Gasteiger partial charge in [-0.15, -0.1) is 0 Å². The van der Waals surface area contributed by atoms with Gasteiger partial charge in [0.25, 0.3) is 0 Å². The molecule has 0 radical (unpaired) electrons. The van der Waals surface area contributed by atoms with Crippen molar-refractivity contribution in [2.75, 3.05) is 6.61 Å². The van der Waals surface area contributed by atoms with Crippen molar-refractivity contribution in [2.45, 2.75) is 277 Å². The summed E-state index contributed by atoms with van der Waals surface area (Å²) in [5, 5.41) is 0. The molecule has 0 bridgehead atoms. The first-order chi connectivity index (χ1) is 29.3. The van der Waals surface area contributed by atoms with E-state index in [0.29, 0.717) is 0 Å². The Labute approximate surface area is 369 Å². The summed E-state index contributed by atoms with van der Waals surface area (Å²) in [5.74, 6) is 0.991. The van der Waals surface area contributed by atoms with Crippen LogP contribution in [0.25, 0.3) is 12.2 Å². The third-order valence-corrected chi connectivity index (χ3v) is 12.8. The summed E-state index contributed by atoms with van der Waals surface area (Å²) >= 11 is 0. The van der Waals surface area contributed by atoms with Crippen LogP contribution >= 0.6 is 0 Å². The van der Waals surface area contributed by atoms with Gasteiger partial charge in [0, 0.05) is 18.6 Å². The number of hydrogen-bond acceptors (Lipinski definition) is 1. The first kappa shape index (κ1) is 53.0. The Hall–Kier alpha value is -2.09. The van der Waals surface area contributed by atoms with Gasteiger partial charge in [-0.3, -0.25) is 0 Å². The molecule has 1 heterocycles. The van der Waals surface area contributed by atoms with Crippen LogP contribution in [0.2, 0.25) is 0 Å². The third kappa shape index (κ3) is 35.2. The molecule has 1 aromatic carbocycles. The summed E-state index contributed by atoms with van der Waals surface area (Å²) < 4.78 is 8.40. The average Bonchev–Trinajstić information content (AvgIpc) is 3.26. The Morgan fingerprint density at radius 1 is 0.322 bits per heavy atom. The van der Waals surface area contributed by atoms with E-state index in [1.165, 1.54) is 262 Å². The molecule has 2 heteroatoms. The molecule has 0 saturated heterocycles. The number of aryl methyl sites for hydroxylation is 1. The van der Waals surface area contributed by atoms with Crippen LogP contribution in [-0.4, -0.2) is 6.61 Å². The van der Waals surface area contributed by atoms with Crippen molar-refractivity contribution in [2.24, 2.45) is 0 Å². The molecule has 1 aromatic heterocycles. The van der Waals surface area contributed by atoms with Crippen LogP contribution in [0.15, 0.2) is 48.8 Å². The number of pyridine rings is 1. The second-order valence-electron chi connectivity index (χ2n) is 18.6. The van der Waals surface area contributed by atoms with E-state index in [9.17, 15) is 0 Å². The Morgan fingerprint density at radius 3 is 0.915 bits per heavy atom. The summed E-state index contributed by atoms with van der Waals surface area (Å²) in [7, 11) is 0. The summed E-state index contributed by atoms with van der Waals surface area (Å²) in [4.78, 5) is 0. The maximum absolute atomic E-state index is 6.05. The molecule has 0 unspecified atom stereocenters. The van der Waals surface area contributed by atoms with Gasteiger partial charge in [0.1, 0.15) is 12.3 Å². The van der Waals surface area contributed by atoms with Crippen LogP contribution in [0.4, 0.5) is 0 Å². The molecule has 0 aliphatic heterocycles. The van der Waals surface area contributed by atoms with Crippen molar-refractivity contribution in [3.05, 3.63) is 59.9 Å². The van der Waals surface area contributed by atoms with Gasteiger partial charge in [0.05, 0.1) is 6.61 Å². The fraction of sp³-hybridized carbons (Fsp3) is 0.772. The molecule has 2 nitrogen and oxygen atoms in total. The number of aromatic nitrogens is 1. The van der Waals surface area contributed by atoms with Crippen LogP contribution in [0.3, 0.4) is 0 Å². The van der Waals surface area contributed by atoms with Crippen LogP contribution in [-0.2, 0) is 6.54 Å². The molecular weight excluding hydrogens is 715 g/mol. The first-order valence-electron chi connectivity index (χ1n) is 26.7. The predicted octanol–water partition coefficient (Wildman–Crippen LogP) is 19.2. The topological polar surface area (TPSA) is 13.1 Å². The van der Waals surface area contributed by atoms with Gasteiger partial charge in [-0.2, -0.15) is 0 Å². The van der Waals surface area contributed by atoms with Gasteiger partial charge in [0.15, 0.2) is 12.4 Å². The molecule has 0 saturated carbocycles. The summed E-state index contributed by atoms with van der Waals surface area (Å²) in [6, 6.07) is 13.1. The van der Waals surface area contributed by atoms with Crippen LogP contribution < -0.4 is 9.30 Å². The minimum absolute atomic E-state index is 0.831. The fourth-order valence-electron chi connectivity index (χ4n) is 8.69. The van der Waals surface area contributed by atoms with E-state index in [1.54, 1.807) is 0 Å². The SMILES string of the molecule is CCCCCCCCCCCCCCCCCCCCCCOc1ccc(/C=C/c2cc[n+](CCCCCCCCCCCCCCCCCCCCCC)cc2)cc1. The molecule has 0 atom stereocenters. The Balaban J connectivity index is 1.33. The van der Waals surface area contributed by atoms with Gasteiger partial charge in [-0.05, 0) is 36.1 Å². The molecule has 0 spiro atoms. The highest BCUT2D eigenvalue weighted by Gasteiger charge is 2.02. The van der Waals surface area contributed by atoms with Crippen LogP contribution in [0, 0.1) is 0 Å². The highest BCUT2D eigenvalue weighted by molar-refractivity contribution is 5.69. The normalized spacial score (nSPS) is 11.6. The zero-order chi connectivity index (χ0) is 41.8. The lowest BCUT2D eigenvalue weighted by atomic mass is 10.0. The Morgan fingerprint density at radius 2 is 0.593 bits per heavy atom. The highest BCUT2D eigenvalue weighted by atomic mass is 16.5. The molecule has 338 valence electrons. The summed E-state index contributed by atoms with van der Waals surface area (Å²) in [6.07, 6.45) is 66.0. The lowest BCUT2D eigenvalue weighted by Crippen LogP contribution is -2.32. The van der Waals surface area contributed by atoms with E-state index in [4.69, 9.17) is 4.74 Å². The lowest BCUT2D eigenvalue weighted by molar-refractivity contribution is -0.697. The molecular formula is C57H100NO+. The van der Waals surface area contributed by atoms with Crippen molar-refractivity contribution in [3.8, 4) is 5.75 Å². The molecule has 0 fully saturated rings. The monoisotopic (exact) mass is 815 g/mol. The Kier molecular flexibility index (Phi) is 38.3. The van der Waals surface area contributed by atoms with E-state index in [0.717, 1.165) is 25.3 Å². The Bertz CT molecular complexity index is 1140. The summed E-state index contributed by atoms with van der Waals surface area (Å²) in [5.41, 5.74) is 2.47. The van der Waals surface area contributed by atoms with E-state index in [-0.39, 0.29) is 0 Å². The third-order valence-electron chi connectivity index (χ3n) is 12.8. The molecule has 0 aliphatic carbocycles. The van der Waals surface area contributed by atoms with E-state index >= 15 is 0 Å². The maximum Gasteiger partial charge on any atom is 0.169 e. The highest BCUT2D eigenvalue weighted by Crippen LogP contribution is 2.18. The van der Waals surface area contributed by atoms with Crippen LogP contribution in [0.5, 0.6) is 5.75 Å². The zero-order valence-electron chi connectivity index (χ0n) is 39.8. The smallest absolute Gasteiger partial charge is 0.169 e. The van der Waals surface area contributed by atoms with Gasteiger partial charge >= 0.3 is 0 Å². The number of hydrogen-bond donors (Lipinski definition) is 0. The molecule has 2 aromatic rings. The van der Waals surface area contributed by atoms with Gasteiger partial charge in [-0.1, -0.05) is 276 Å². The van der Waals surface area contributed by atoms with Gasteiger partial charge < -0.3 is 4.74 Å². The molecule has 0 N–H and O–H groups in total. The number of rotatable bonds is 45. The number of nitrogens with zero attached hydrogens (tertiary/aromatic N) is 1. The second-order valence-corrected chi connectivity index (χ2v) is 18.6. The standard InChI is InChI=1S/C57H100NO/c1-3-5-7-9-11-13-15-17-19-21-23-25-27-29-31-33-35-37-39-41-51-58-52-49-56(50-53-58)44-43-55-45-47-57(48-46-55)59-54-42-40-38-36-34-32-30-28-26-24-22-20-18-16-14-12-10-8-6-4-2/h43-50,52-53H,3-42,51,54H2,1-2H3/q+1/b44-43+. The van der Waals surface area contributed by atoms with E-state index in [1.807, 2.05) is 0 Å². The first-order valence-corrected chi connectivity index (χ1v) is 26.7. The second kappa shape index (κ2) is 42.6. The molecule has 2 rings (SSSR count). The van der Waals surface area contributed by atoms with Crippen molar-refractivity contribution in [1.82, 2.24) is 0 Å². The minimum atomic E-state index is 0.831. The van der Waals surface area contributed by atoms with Crippen molar-refractivity contribution >= 4 is 12.2 Å². The minimum Gasteiger partial charge on any atom is -0.494 e. The van der Waals surface area contributed by atoms with Crippen molar-refractivity contribution in [3.63, 3.8) is 0 Å². The van der Waals surface area contributed by atoms with Crippen LogP contribution in [0.1, 0.15) is 282 Å². The van der Waals surface area contributed by atoms with Crippen molar-refractivity contribution in [1.29, 1.82) is 0 Å². The largest absolute Gasteiger partial charge is 0.494 e. The molecule has 0 amide bonds. The quantitative estimate of drug-likeness (QED) is 0.0479. The predicted molar refractivity (Wildman–Crippen MR) is 264 cm³/mol. The van der Waals surface area contributed by atoms with Gasteiger partial charge in [0.2, 0.25) is 0 Å². The lowest BCUT2D eigenvalue weighted by Gasteiger charge is -2.07. The van der Waals surface area contributed by atoms with Gasteiger partial charge in [-0.25, -0.2) is 4.57 Å². The average molecular weight is 815 g/mol. The maximum atomic E-state index is 6.05. The summed E-state index contributed by atoms with van der Waals surface area (Å²) in [6.45, 7) is 6.57.